The van der Waals surface area contributed by atoms with Crippen molar-refractivity contribution in [3.05, 3.63) is 22.3 Å². The molecule has 0 aromatic heterocycles. The lowest BCUT2D eigenvalue weighted by Crippen LogP contribution is -2.25. The topological polar surface area (TPSA) is 77.8 Å². The van der Waals surface area contributed by atoms with Crippen molar-refractivity contribution in [2.24, 2.45) is 23.2 Å². The van der Waals surface area contributed by atoms with E-state index in [4.69, 9.17) is 0 Å². The summed E-state index contributed by atoms with van der Waals surface area (Å²) in [5, 5.41) is 29.7. The van der Waals surface area contributed by atoms with Gasteiger partial charge >= 0.3 is 0 Å². The second-order valence-corrected chi connectivity index (χ2v) is 8.28. The Hall–Kier alpha value is -0.970. The van der Waals surface area contributed by atoms with Crippen molar-refractivity contribution in [3.8, 4) is 0 Å². The molecule has 24 heavy (non-hydrogen) atoms. The molecule has 0 radical (unpaired) electrons. The van der Waals surface area contributed by atoms with Gasteiger partial charge < -0.3 is 15.3 Å². The summed E-state index contributed by atoms with van der Waals surface area (Å²) in [5.74, 6) is -0.322. The van der Waals surface area contributed by atoms with Gasteiger partial charge in [0.15, 0.2) is 5.78 Å². The average Bonchev–Trinajstić information content (AvgIpc) is 2.97. The zero-order valence-electron chi connectivity index (χ0n) is 15.0. The van der Waals surface area contributed by atoms with Crippen molar-refractivity contribution < 1.29 is 20.1 Å². The number of fused-ring (bicyclic) bond motifs is 1. The molecule has 5 atom stereocenters. The van der Waals surface area contributed by atoms with Crippen LogP contribution >= 0.6 is 0 Å². The molecule has 4 heteroatoms. The number of hydrogen-bond acceptors (Lipinski definition) is 4. The Bertz CT molecular complexity index is 603. The van der Waals surface area contributed by atoms with Crippen LogP contribution in [0, 0.1) is 23.2 Å². The second-order valence-electron chi connectivity index (χ2n) is 8.28. The maximum Gasteiger partial charge on any atom is 0.188 e. The molecule has 134 valence electrons. The number of hydrogen-bond donors (Lipinski definition) is 3. The van der Waals surface area contributed by atoms with Crippen molar-refractivity contribution in [3.63, 3.8) is 0 Å². The fourth-order valence-corrected chi connectivity index (χ4v) is 5.18. The summed E-state index contributed by atoms with van der Waals surface area (Å²) < 4.78 is 0. The number of aliphatic hydroxyl groups is 3. The summed E-state index contributed by atoms with van der Waals surface area (Å²) in [6.45, 7) is 6.40. The van der Waals surface area contributed by atoms with Crippen LogP contribution in [0.3, 0.4) is 0 Å². The maximum absolute atomic E-state index is 12.5. The fraction of sp³-hybridized carbons (Fsp3) is 0.750. The van der Waals surface area contributed by atoms with Gasteiger partial charge in [-0.25, -0.2) is 0 Å². The predicted molar refractivity (Wildman–Crippen MR) is 92.2 cm³/mol. The summed E-state index contributed by atoms with van der Waals surface area (Å²) in [5.41, 5.74) is 4.58. The molecule has 3 aliphatic carbocycles. The van der Waals surface area contributed by atoms with Crippen LogP contribution in [-0.4, -0.2) is 40.4 Å². The zero-order chi connectivity index (χ0) is 17.6. The Balaban J connectivity index is 2.07. The van der Waals surface area contributed by atoms with Crippen LogP contribution in [-0.2, 0) is 4.79 Å². The number of allylic oxidation sites excluding steroid dienone is 1. The third-order valence-corrected chi connectivity index (χ3v) is 6.79. The van der Waals surface area contributed by atoms with Crippen LogP contribution in [0.1, 0.15) is 52.9 Å². The number of rotatable bonds is 3. The summed E-state index contributed by atoms with van der Waals surface area (Å²) in [7, 11) is 0. The van der Waals surface area contributed by atoms with Gasteiger partial charge in [-0.15, -0.1) is 0 Å². The first-order valence-electron chi connectivity index (χ1n) is 9.23. The monoisotopic (exact) mass is 334 g/mol. The molecule has 0 saturated carbocycles. The Morgan fingerprint density at radius 1 is 1.29 bits per heavy atom. The van der Waals surface area contributed by atoms with Gasteiger partial charge in [-0.3, -0.25) is 4.79 Å². The number of carbonyl (C=O) groups excluding carboxylic acids is 1. The number of aliphatic hydroxyl groups excluding tert-OH is 3. The lowest BCUT2D eigenvalue weighted by atomic mass is 9.70. The van der Waals surface area contributed by atoms with Gasteiger partial charge in [-0.05, 0) is 37.5 Å². The van der Waals surface area contributed by atoms with Crippen molar-refractivity contribution in [2.75, 3.05) is 13.2 Å². The van der Waals surface area contributed by atoms with Gasteiger partial charge in [0.25, 0.3) is 0 Å². The molecule has 0 aliphatic heterocycles. The Kier molecular flexibility index (Phi) is 4.75. The first-order chi connectivity index (χ1) is 11.3. The van der Waals surface area contributed by atoms with Gasteiger partial charge in [-0.1, -0.05) is 37.5 Å². The predicted octanol–water partition coefficient (Wildman–Crippen LogP) is 2.38. The molecule has 0 fully saturated rings. The first kappa shape index (κ1) is 17.8. The summed E-state index contributed by atoms with van der Waals surface area (Å²) >= 11 is 0. The minimum absolute atomic E-state index is 0.0123. The highest BCUT2D eigenvalue weighted by atomic mass is 16.3. The SMILES string of the molecule is CC(CO)C1=C2CCC(CO)C3=C(CC2(C)CC1)C(C)C(O)C3=O. The molecule has 0 aromatic rings. The Morgan fingerprint density at radius 3 is 2.62 bits per heavy atom. The van der Waals surface area contributed by atoms with Crippen LogP contribution in [0.2, 0.25) is 0 Å². The average molecular weight is 334 g/mol. The minimum atomic E-state index is -0.949. The highest BCUT2D eigenvalue weighted by Gasteiger charge is 2.47. The van der Waals surface area contributed by atoms with Gasteiger partial charge in [0, 0.05) is 29.9 Å². The van der Waals surface area contributed by atoms with Gasteiger partial charge in [-0.2, -0.15) is 0 Å². The molecule has 0 aromatic carbocycles. The van der Waals surface area contributed by atoms with E-state index in [2.05, 4.69) is 13.8 Å². The molecule has 3 rings (SSSR count). The molecule has 5 unspecified atom stereocenters. The summed E-state index contributed by atoms with van der Waals surface area (Å²) in [4.78, 5) is 12.5. The third-order valence-electron chi connectivity index (χ3n) is 6.79. The van der Waals surface area contributed by atoms with Crippen molar-refractivity contribution >= 4 is 5.78 Å². The second kappa shape index (κ2) is 6.40. The first-order valence-corrected chi connectivity index (χ1v) is 9.23. The zero-order valence-corrected chi connectivity index (χ0v) is 15.0. The van der Waals surface area contributed by atoms with E-state index >= 15 is 0 Å². The lowest BCUT2D eigenvalue weighted by Gasteiger charge is -2.35. The van der Waals surface area contributed by atoms with Crippen LogP contribution < -0.4 is 0 Å². The minimum Gasteiger partial charge on any atom is -0.396 e. The quantitative estimate of drug-likeness (QED) is 0.693. The normalized spacial score (nSPS) is 38.1. The summed E-state index contributed by atoms with van der Waals surface area (Å²) in [6.07, 6.45) is 3.50. The largest absolute Gasteiger partial charge is 0.396 e. The molecule has 0 amide bonds. The van der Waals surface area contributed by atoms with E-state index in [9.17, 15) is 20.1 Å². The molecule has 3 N–H and O–H groups in total. The highest BCUT2D eigenvalue weighted by molar-refractivity contribution is 6.03. The smallest absolute Gasteiger partial charge is 0.188 e. The lowest BCUT2D eigenvalue weighted by molar-refractivity contribution is -0.124. The molecular weight excluding hydrogens is 304 g/mol. The molecule has 0 saturated heterocycles. The highest BCUT2D eigenvalue weighted by Crippen LogP contribution is 2.55. The van der Waals surface area contributed by atoms with Crippen LogP contribution in [0.15, 0.2) is 22.3 Å². The standard InChI is InChI=1S/C20H30O4/c1-11(9-21)14-6-7-20(3)8-15-12(2)18(23)19(24)17(15)13(10-22)4-5-16(14)20/h11-13,18,21-23H,4-10H2,1-3H3. The molecule has 4 nitrogen and oxygen atoms in total. The van der Waals surface area contributed by atoms with Gasteiger partial charge in [0.1, 0.15) is 6.10 Å². The molecule has 3 aliphatic rings. The van der Waals surface area contributed by atoms with E-state index in [1.165, 1.54) is 11.1 Å². The number of Topliss-reactive ketones (excluding diaryl/α,β-unsaturated/α-hetero) is 1. The fourth-order valence-electron chi connectivity index (χ4n) is 5.18. The third kappa shape index (κ3) is 2.59. The number of carbonyl (C=O) groups is 1. The Labute approximate surface area is 144 Å². The van der Waals surface area contributed by atoms with Gasteiger partial charge in [0.05, 0.1) is 6.61 Å². The maximum atomic E-state index is 12.5. The van der Waals surface area contributed by atoms with E-state index in [0.717, 1.165) is 37.7 Å². The van der Waals surface area contributed by atoms with Gasteiger partial charge in [0.2, 0.25) is 0 Å². The number of ketones is 1. The molecular formula is C20H30O4. The van der Waals surface area contributed by atoms with E-state index in [-0.39, 0.29) is 42.2 Å². The van der Waals surface area contributed by atoms with Crippen LogP contribution in [0.5, 0.6) is 0 Å². The van der Waals surface area contributed by atoms with Crippen molar-refractivity contribution in [2.45, 2.75) is 59.0 Å². The van der Waals surface area contributed by atoms with Crippen molar-refractivity contribution in [1.82, 2.24) is 0 Å². The van der Waals surface area contributed by atoms with Crippen molar-refractivity contribution in [1.29, 1.82) is 0 Å². The van der Waals surface area contributed by atoms with E-state index < -0.39 is 6.10 Å². The Morgan fingerprint density at radius 2 is 2.00 bits per heavy atom. The molecule has 0 heterocycles. The van der Waals surface area contributed by atoms with E-state index in [0.29, 0.717) is 5.57 Å². The van der Waals surface area contributed by atoms with Crippen LogP contribution in [0.4, 0.5) is 0 Å². The van der Waals surface area contributed by atoms with E-state index in [1.54, 1.807) is 0 Å². The molecule has 0 bridgehead atoms. The van der Waals surface area contributed by atoms with Crippen LogP contribution in [0.25, 0.3) is 0 Å². The van der Waals surface area contributed by atoms with E-state index in [1.807, 2.05) is 6.92 Å². The molecule has 0 spiro atoms. The summed E-state index contributed by atoms with van der Waals surface area (Å²) in [6, 6.07) is 0.